The van der Waals surface area contributed by atoms with Gasteiger partial charge in [-0.1, -0.05) is 44.1 Å². The third kappa shape index (κ3) is 3.53. The highest BCUT2D eigenvalue weighted by molar-refractivity contribution is 7.80. The highest BCUT2D eigenvalue weighted by Crippen LogP contribution is 2.24. The normalized spacial score (nSPS) is 22.8. The molecule has 0 aliphatic heterocycles. The van der Waals surface area contributed by atoms with Crippen LogP contribution in [0.4, 0.5) is 0 Å². The molecule has 1 aromatic rings. The number of carbonyl (C=O) groups excluding carboxylic acids is 1. The summed E-state index contributed by atoms with van der Waals surface area (Å²) < 4.78 is 0. The van der Waals surface area contributed by atoms with E-state index in [2.05, 4.69) is 12.2 Å². The molecule has 1 aromatic carbocycles. The van der Waals surface area contributed by atoms with Crippen LogP contribution in [0, 0.1) is 5.92 Å². The standard InChI is InChI=1S/C15H20N2OS/c1-10-4-2-3-5-13(10)17-15(18)12-8-6-11(7-9-12)14(16)19/h6-10,13H,2-5H2,1H3,(H2,16,19)(H,17,18)/t10-,13-/m1/s1. The first kappa shape index (κ1) is 14.0. The lowest BCUT2D eigenvalue weighted by atomic mass is 9.86. The van der Waals surface area contributed by atoms with Crippen molar-refractivity contribution in [2.24, 2.45) is 11.7 Å². The van der Waals surface area contributed by atoms with E-state index in [1.165, 1.54) is 19.3 Å². The maximum Gasteiger partial charge on any atom is 0.251 e. The van der Waals surface area contributed by atoms with Gasteiger partial charge in [-0.25, -0.2) is 0 Å². The number of nitrogens with one attached hydrogen (secondary N) is 1. The van der Waals surface area contributed by atoms with Gasteiger partial charge in [0.1, 0.15) is 4.99 Å². The molecule has 3 N–H and O–H groups in total. The van der Waals surface area contributed by atoms with E-state index in [1.807, 2.05) is 0 Å². The summed E-state index contributed by atoms with van der Waals surface area (Å²) >= 11 is 4.89. The van der Waals surface area contributed by atoms with Crippen molar-refractivity contribution >= 4 is 23.1 Å². The van der Waals surface area contributed by atoms with Gasteiger partial charge >= 0.3 is 0 Å². The zero-order valence-electron chi connectivity index (χ0n) is 11.2. The molecule has 0 bridgehead atoms. The second-order valence-corrected chi connectivity index (χ2v) is 5.72. The molecule has 0 unspecified atom stereocenters. The van der Waals surface area contributed by atoms with Crippen molar-refractivity contribution in [1.29, 1.82) is 0 Å². The number of benzene rings is 1. The number of amides is 1. The Labute approximate surface area is 119 Å². The Morgan fingerprint density at radius 3 is 2.37 bits per heavy atom. The SMILES string of the molecule is C[C@@H]1CCCC[C@H]1NC(=O)c1ccc(C(N)=S)cc1. The molecule has 19 heavy (non-hydrogen) atoms. The molecule has 0 saturated heterocycles. The van der Waals surface area contributed by atoms with Gasteiger partial charge < -0.3 is 11.1 Å². The van der Waals surface area contributed by atoms with E-state index in [0.717, 1.165) is 12.0 Å². The maximum absolute atomic E-state index is 12.2. The summed E-state index contributed by atoms with van der Waals surface area (Å²) in [6, 6.07) is 7.44. The fraction of sp³-hybridized carbons (Fsp3) is 0.467. The lowest BCUT2D eigenvalue weighted by Crippen LogP contribution is -2.41. The van der Waals surface area contributed by atoms with Crippen LogP contribution in [0.3, 0.4) is 0 Å². The molecule has 0 radical (unpaired) electrons. The Kier molecular flexibility index (Phi) is 4.53. The first-order chi connectivity index (χ1) is 9.08. The smallest absolute Gasteiger partial charge is 0.251 e. The van der Waals surface area contributed by atoms with Crippen molar-refractivity contribution in [3.8, 4) is 0 Å². The average molecular weight is 276 g/mol. The molecule has 102 valence electrons. The zero-order chi connectivity index (χ0) is 13.8. The monoisotopic (exact) mass is 276 g/mol. The van der Waals surface area contributed by atoms with Gasteiger partial charge in [0.05, 0.1) is 0 Å². The molecule has 4 heteroatoms. The largest absolute Gasteiger partial charge is 0.389 e. The molecule has 3 nitrogen and oxygen atoms in total. The van der Waals surface area contributed by atoms with Crippen molar-refractivity contribution in [3.63, 3.8) is 0 Å². The van der Waals surface area contributed by atoms with E-state index in [9.17, 15) is 4.79 Å². The third-order valence-corrected chi connectivity index (χ3v) is 4.10. The summed E-state index contributed by atoms with van der Waals surface area (Å²) in [6.07, 6.45) is 4.76. The number of hydrogen-bond donors (Lipinski definition) is 2. The van der Waals surface area contributed by atoms with Crippen molar-refractivity contribution < 1.29 is 4.79 Å². The molecular formula is C15H20N2OS. The van der Waals surface area contributed by atoms with Gasteiger partial charge in [-0.05, 0) is 30.9 Å². The molecule has 1 fully saturated rings. The Balaban J connectivity index is 2.01. The topological polar surface area (TPSA) is 55.1 Å². The van der Waals surface area contributed by atoms with E-state index >= 15 is 0 Å². The fourth-order valence-corrected chi connectivity index (χ4v) is 2.70. The Hall–Kier alpha value is -1.42. The van der Waals surface area contributed by atoms with Gasteiger partial charge in [0.25, 0.3) is 5.91 Å². The van der Waals surface area contributed by atoms with Crippen LogP contribution in [-0.4, -0.2) is 16.9 Å². The van der Waals surface area contributed by atoms with Gasteiger partial charge in [-0.15, -0.1) is 0 Å². The van der Waals surface area contributed by atoms with Gasteiger partial charge in [0, 0.05) is 17.2 Å². The molecule has 2 rings (SSSR count). The number of nitrogens with two attached hydrogens (primary N) is 1. The summed E-state index contributed by atoms with van der Waals surface area (Å²) in [6.45, 7) is 2.21. The minimum Gasteiger partial charge on any atom is -0.389 e. The Morgan fingerprint density at radius 1 is 1.21 bits per heavy atom. The average Bonchev–Trinajstić information content (AvgIpc) is 2.41. The Morgan fingerprint density at radius 2 is 1.79 bits per heavy atom. The number of hydrogen-bond acceptors (Lipinski definition) is 2. The van der Waals surface area contributed by atoms with Crippen LogP contribution in [0.5, 0.6) is 0 Å². The predicted octanol–water partition coefficient (Wildman–Crippen LogP) is 2.63. The predicted molar refractivity (Wildman–Crippen MR) is 81.2 cm³/mol. The van der Waals surface area contributed by atoms with Crippen LogP contribution >= 0.6 is 12.2 Å². The van der Waals surface area contributed by atoms with Gasteiger partial charge in [0.15, 0.2) is 0 Å². The molecule has 0 spiro atoms. The molecule has 1 amide bonds. The second-order valence-electron chi connectivity index (χ2n) is 5.28. The maximum atomic E-state index is 12.2. The van der Waals surface area contributed by atoms with E-state index in [1.54, 1.807) is 24.3 Å². The Bertz CT molecular complexity index is 470. The van der Waals surface area contributed by atoms with Crippen LogP contribution in [0.15, 0.2) is 24.3 Å². The fourth-order valence-electron chi connectivity index (χ4n) is 2.57. The van der Waals surface area contributed by atoms with Crippen molar-refractivity contribution in [2.45, 2.75) is 38.6 Å². The molecule has 2 atom stereocenters. The molecule has 0 aromatic heterocycles. The zero-order valence-corrected chi connectivity index (χ0v) is 12.0. The molecular weight excluding hydrogens is 256 g/mol. The highest BCUT2D eigenvalue weighted by atomic mass is 32.1. The summed E-state index contributed by atoms with van der Waals surface area (Å²) in [5.41, 5.74) is 6.99. The first-order valence-corrected chi connectivity index (χ1v) is 7.19. The minimum atomic E-state index is -0.00626. The van der Waals surface area contributed by atoms with Crippen molar-refractivity contribution in [3.05, 3.63) is 35.4 Å². The van der Waals surface area contributed by atoms with Crippen LogP contribution < -0.4 is 11.1 Å². The summed E-state index contributed by atoms with van der Waals surface area (Å²) in [5.74, 6) is 0.557. The number of carbonyl (C=O) groups is 1. The van der Waals surface area contributed by atoms with Crippen LogP contribution in [0.2, 0.25) is 0 Å². The lowest BCUT2D eigenvalue weighted by Gasteiger charge is -2.29. The van der Waals surface area contributed by atoms with Gasteiger partial charge in [-0.2, -0.15) is 0 Å². The van der Waals surface area contributed by atoms with Gasteiger partial charge in [-0.3, -0.25) is 4.79 Å². The summed E-state index contributed by atoms with van der Waals surface area (Å²) in [4.78, 5) is 12.5. The van der Waals surface area contributed by atoms with E-state index in [4.69, 9.17) is 18.0 Å². The van der Waals surface area contributed by atoms with Crippen molar-refractivity contribution in [2.75, 3.05) is 0 Å². The second kappa shape index (κ2) is 6.15. The molecule has 0 heterocycles. The summed E-state index contributed by atoms with van der Waals surface area (Å²) in [7, 11) is 0. The van der Waals surface area contributed by atoms with Crippen LogP contribution in [-0.2, 0) is 0 Å². The summed E-state index contributed by atoms with van der Waals surface area (Å²) in [5, 5.41) is 3.13. The van der Waals surface area contributed by atoms with Crippen LogP contribution in [0.25, 0.3) is 0 Å². The van der Waals surface area contributed by atoms with E-state index < -0.39 is 0 Å². The first-order valence-electron chi connectivity index (χ1n) is 6.78. The molecule has 1 aliphatic carbocycles. The van der Waals surface area contributed by atoms with Crippen LogP contribution in [0.1, 0.15) is 48.5 Å². The molecule has 1 aliphatic rings. The molecule has 1 saturated carbocycles. The van der Waals surface area contributed by atoms with Gasteiger partial charge in [0.2, 0.25) is 0 Å². The van der Waals surface area contributed by atoms with E-state index in [0.29, 0.717) is 22.5 Å². The third-order valence-electron chi connectivity index (χ3n) is 3.86. The highest BCUT2D eigenvalue weighted by Gasteiger charge is 2.23. The number of rotatable bonds is 3. The van der Waals surface area contributed by atoms with Crippen molar-refractivity contribution in [1.82, 2.24) is 5.32 Å². The number of thiocarbonyl (C=S) groups is 1. The minimum absolute atomic E-state index is 0.00626. The quantitative estimate of drug-likeness (QED) is 0.834. The van der Waals surface area contributed by atoms with E-state index in [-0.39, 0.29) is 5.91 Å². The lowest BCUT2D eigenvalue weighted by molar-refractivity contribution is 0.0910.